The van der Waals surface area contributed by atoms with Crippen molar-refractivity contribution in [1.29, 1.82) is 0 Å². The number of nitrogens with one attached hydrogen (secondary N) is 2. The molecule has 1 aliphatic heterocycles. The SMILES string of the molecule is COc1ccc(C(=O)c2c(C(F)F)[nH]c(C3NN=C(C4CC4)O3)c2C)cc1Br. The Labute approximate surface area is 168 Å². The zero-order valence-corrected chi connectivity index (χ0v) is 16.8. The molecule has 1 aromatic heterocycles. The Morgan fingerprint density at radius 2 is 2.14 bits per heavy atom. The number of ketones is 1. The van der Waals surface area contributed by atoms with Gasteiger partial charge in [0.2, 0.25) is 12.1 Å². The highest BCUT2D eigenvalue weighted by Crippen LogP contribution is 2.38. The number of halogens is 3. The molecular formula is C19H18BrF2N3O3. The molecular weight excluding hydrogens is 436 g/mol. The minimum atomic E-state index is -2.83. The molecule has 4 rings (SSSR count). The number of benzene rings is 1. The molecule has 0 radical (unpaired) electrons. The van der Waals surface area contributed by atoms with Gasteiger partial charge in [0.1, 0.15) is 5.75 Å². The van der Waals surface area contributed by atoms with Crippen LogP contribution in [0.2, 0.25) is 0 Å². The van der Waals surface area contributed by atoms with Crippen LogP contribution in [0.4, 0.5) is 8.78 Å². The fourth-order valence-corrected chi connectivity index (χ4v) is 3.79. The molecule has 0 amide bonds. The molecule has 28 heavy (non-hydrogen) atoms. The van der Waals surface area contributed by atoms with Crippen LogP contribution < -0.4 is 10.2 Å². The minimum absolute atomic E-state index is 0.0488. The molecule has 0 saturated heterocycles. The zero-order chi connectivity index (χ0) is 20.0. The van der Waals surface area contributed by atoms with Crippen molar-refractivity contribution in [2.24, 2.45) is 11.0 Å². The number of methoxy groups -OCH3 is 1. The molecule has 148 valence electrons. The summed E-state index contributed by atoms with van der Waals surface area (Å²) in [7, 11) is 1.51. The van der Waals surface area contributed by atoms with E-state index < -0.39 is 24.1 Å². The fourth-order valence-electron chi connectivity index (χ4n) is 3.25. The molecule has 1 aromatic carbocycles. The molecule has 2 aromatic rings. The average Bonchev–Trinajstić information content (AvgIpc) is 3.30. The minimum Gasteiger partial charge on any atom is -0.496 e. The number of hydrogen-bond donors (Lipinski definition) is 2. The first-order valence-electron chi connectivity index (χ1n) is 8.79. The summed E-state index contributed by atoms with van der Waals surface area (Å²) in [5.41, 5.74) is 3.42. The highest BCUT2D eigenvalue weighted by molar-refractivity contribution is 9.10. The molecule has 2 heterocycles. The van der Waals surface area contributed by atoms with Crippen LogP contribution in [0.1, 0.15) is 58.4 Å². The maximum Gasteiger partial charge on any atom is 0.278 e. The van der Waals surface area contributed by atoms with E-state index in [0.717, 1.165) is 12.8 Å². The van der Waals surface area contributed by atoms with E-state index in [-0.39, 0.29) is 11.1 Å². The molecule has 1 unspecified atom stereocenters. The first kappa shape index (κ1) is 18.9. The molecule has 9 heteroatoms. The van der Waals surface area contributed by atoms with Crippen molar-refractivity contribution in [3.05, 3.63) is 50.8 Å². The van der Waals surface area contributed by atoms with Crippen LogP contribution in [0.15, 0.2) is 27.8 Å². The average molecular weight is 454 g/mol. The van der Waals surface area contributed by atoms with Gasteiger partial charge in [-0.15, -0.1) is 5.10 Å². The normalized spacial score (nSPS) is 18.6. The smallest absolute Gasteiger partial charge is 0.278 e. The summed E-state index contributed by atoms with van der Waals surface area (Å²) in [5, 5.41) is 4.15. The third-order valence-corrected chi connectivity index (χ3v) is 5.52. The molecule has 6 nitrogen and oxygen atoms in total. The number of nitrogens with zero attached hydrogens (tertiary/aromatic N) is 1. The second-order valence-electron chi connectivity index (χ2n) is 6.78. The van der Waals surface area contributed by atoms with Crippen molar-refractivity contribution in [3.8, 4) is 5.75 Å². The van der Waals surface area contributed by atoms with Crippen LogP contribution in [0, 0.1) is 12.8 Å². The van der Waals surface area contributed by atoms with E-state index in [9.17, 15) is 13.6 Å². The number of aromatic nitrogens is 1. The summed E-state index contributed by atoms with van der Waals surface area (Å²) in [4.78, 5) is 15.7. The van der Waals surface area contributed by atoms with Gasteiger partial charge in [-0.1, -0.05) is 0 Å². The van der Waals surface area contributed by atoms with Crippen LogP contribution >= 0.6 is 15.9 Å². The molecule has 1 atom stereocenters. The van der Waals surface area contributed by atoms with Gasteiger partial charge >= 0.3 is 0 Å². The Morgan fingerprint density at radius 3 is 2.75 bits per heavy atom. The van der Waals surface area contributed by atoms with Gasteiger partial charge in [-0.05, 0) is 59.5 Å². The third kappa shape index (κ3) is 3.28. The highest BCUT2D eigenvalue weighted by Gasteiger charge is 2.37. The predicted molar refractivity (Wildman–Crippen MR) is 102 cm³/mol. The van der Waals surface area contributed by atoms with Gasteiger partial charge in [0, 0.05) is 11.5 Å². The Morgan fingerprint density at radius 1 is 1.39 bits per heavy atom. The van der Waals surface area contributed by atoms with E-state index in [2.05, 4.69) is 31.4 Å². The highest BCUT2D eigenvalue weighted by atomic mass is 79.9. The summed E-state index contributed by atoms with van der Waals surface area (Å²) < 4.78 is 38.9. The van der Waals surface area contributed by atoms with E-state index in [0.29, 0.717) is 33.3 Å². The first-order valence-corrected chi connectivity index (χ1v) is 9.58. The molecule has 0 bridgehead atoms. The van der Waals surface area contributed by atoms with Gasteiger partial charge in [-0.2, -0.15) is 0 Å². The number of ether oxygens (including phenoxy) is 2. The lowest BCUT2D eigenvalue weighted by Crippen LogP contribution is -2.14. The van der Waals surface area contributed by atoms with Crippen molar-refractivity contribution in [1.82, 2.24) is 10.4 Å². The number of H-pyrrole nitrogens is 1. The summed E-state index contributed by atoms with van der Waals surface area (Å²) in [6.45, 7) is 1.63. The molecule has 0 spiro atoms. The predicted octanol–water partition coefficient (Wildman–Crippen LogP) is 4.60. The van der Waals surface area contributed by atoms with Crippen LogP contribution in [0.5, 0.6) is 5.75 Å². The maximum atomic E-state index is 13.7. The molecule has 2 N–H and O–H groups in total. The first-order chi connectivity index (χ1) is 13.4. The molecule has 2 aliphatic rings. The van der Waals surface area contributed by atoms with Crippen molar-refractivity contribution in [3.63, 3.8) is 0 Å². The Kier molecular flexibility index (Phi) is 4.86. The quantitative estimate of drug-likeness (QED) is 0.626. The maximum absolute atomic E-state index is 13.7. The number of alkyl halides is 2. The number of carbonyl (C=O) groups is 1. The van der Waals surface area contributed by atoms with Crippen molar-refractivity contribution < 1.29 is 23.0 Å². The standard InChI is InChI=1S/C19H18BrF2N3O3/c1-8-13(16(26)10-5-6-12(27-2)11(20)7-10)15(17(21)22)23-14(8)19-25-24-18(28-19)9-3-4-9/h5-7,9,17,19,23,25H,3-4H2,1-2H3. The largest absolute Gasteiger partial charge is 0.496 e. The second kappa shape index (κ2) is 7.20. The Balaban J connectivity index is 1.69. The van der Waals surface area contributed by atoms with Crippen molar-refractivity contribution in [2.75, 3.05) is 7.11 Å². The molecule has 1 fully saturated rings. The molecule has 1 saturated carbocycles. The topological polar surface area (TPSA) is 75.7 Å². The van der Waals surface area contributed by atoms with Gasteiger partial charge in [0.25, 0.3) is 6.43 Å². The van der Waals surface area contributed by atoms with Gasteiger partial charge < -0.3 is 14.5 Å². The Bertz CT molecular complexity index is 970. The fraction of sp³-hybridized carbons (Fsp3) is 0.368. The van der Waals surface area contributed by atoms with Crippen LogP contribution in [-0.2, 0) is 4.74 Å². The third-order valence-electron chi connectivity index (χ3n) is 4.90. The van der Waals surface area contributed by atoms with Gasteiger partial charge in [-0.25, -0.2) is 8.78 Å². The lowest BCUT2D eigenvalue weighted by atomic mass is 9.99. The number of hydrogen-bond acceptors (Lipinski definition) is 5. The Hall–Kier alpha value is -2.42. The van der Waals surface area contributed by atoms with E-state index in [1.807, 2.05) is 0 Å². The van der Waals surface area contributed by atoms with Crippen LogP contribution in [0.25, 0.3) is 0 Å². The molecule has 1 aliphatic carbocycles. The number of aromatic amines is 1. The van der Waals surface area contributed by atoms with E-state index in [1.54, 1.807) is 25.1 Å². The van der Waals surface area contributed by atoms with Crippen molar-refractivity contribution >= 4 is 27.6 Å². The monoisotopic (exact) mass is 453 g/mol. The summed E-state index contributed by atoms with van der Waals surface area (Å²) in [6.07, 6.45) is -1.53. The van der Waals surface area contributed by atoms with Crippen LogP contribution in [0.3, 0.4) is 0 Å². The van der Waals surface area contributed by atoms with Gasteiger partial charge in [0.15, 0.2) is 5.78 Å². The number of hydrazone groups is 1. The lowest BCUT2D eigenvalue weighted by molar-refractivity contribution is 0.102. The van der Waals surface area contributed by atoms with Crippen LogP contribution in [-0.4, -0.2) is 23.8 Å². The van der Waals surface area contributed by atoms with Crippen molar-refractivity contribution in [2.45, 2.75) is 32.4 Å². The summed E-state index contributed by atoms with van der Waals surface area (Å²) >= 11 is 3.32. The summed E-state index contributed by atoms with van der Waals surface area (Å²) in [5.74, 6) is 0.926. The number of carbonyl (C=O) groups excluding carboxylic acids is 1. The number of rotatable bonds is 6. The second-order valence-corrected chi connectivity index (χ2v) is 7.64. The van der Waals surface area contributed by atoms with E-state index in [1.165, 1.54) is 7.11 Å². The van der Waals surface area contributed by atoms with Gasteiger partial charge in [0.05, 0.1) is 28.5 Å². The van der Waals surface area contributed by atoms with Gasteiger partial charge in [-0.3, -0.25) is 10.2 Å². The zero-order valence-electron chi connectivity index (χ0n) is 15.2. The summed E-state index contributed by atoms with van der Waals surface area (Å²) in [6, 6.07) is 4.72. The van der Waals surface area contributed by atoms with E-state index >= 15 is 0 Å². The lowest BCUT2D eigenvalue weighted by Gasteiger charge is -2.11. The van der Waals surface area contributed by atoms with E-state index in [4.69, 9.17) is 9.47 Å².